The first-order valence-electron chi connectivity index (χ1n) is 4.88. The van der Waals surface area contributed by atoms with Gasteiger partial charge < -0.3 is 10.6 Å². The van der Waals surface area contributed by atoms with Crippen LogP contribution >= 0.6 is 0 Å². The van der Waals surface area contributed by atoms with Crippen LogP contribution in [0.5, 0.6) is 0 Å². The highest BCUT2D eigenvalue weighted by Gasteiger charge is 2.17. The normalized spacial score (nSPS) is 28.7. The van der Waals surface area contributed by atoms with Gasteiger partial charge in [0.1, 0.15) is 0 Å². The third-order valence-corrected chi connectivity index (χ3v) is 2.54. The van der Waals surface area contributed by atoms with E-state index in [2.05, 4.69) is 47.9 Å². The summed E-state index contributed by atoms with van der Waals surface area (Å²) in [6.07, 6.45) is 0. The Bertz CT molecular complexity index is 250. The molecule has 2 atom stereocenters. The molecule has 1 aromatic carbocycles. The van der Waals surface area contributed by atoms with Gasteiger partial charge in [-0.3, -0.25) is 0 Å². The van der Waals surface area contributed by atoms with Crippen LogP contribution in [0.25, 0.3) is 0 Å². The number of rotatable bonds is 1. The summed E-state index contributed by atoms with van der Waals surface area (Å²) in [7, 11) is 0. The van der Waals surface area contributed by atoms with E-state index in [9.17, 15) is 0 Å². The second kappa shape index (κ2) is 3.90. The Hall–Kier alpha value is -0.860. The predicted molar refractivity (Wildman–Crippen MR) is 54.7 cm³/mol. The molecular weight excluding hydrogens is 160 g/mol. The van der Waals surface area contributed by atoms with E-state index in [0.717, 1.165) is 13.1 Å². The molecule has 13 heavy (non-hydrogen) atoms. The Kier molecular flexibility index (Phi) is 2.62. The van der Waals surface area contributed by atoms with Gasteiger partial charge in [0.2, 0.25) is 0 Å². The minimum absolute atomic E-state index is 0.484. The van der Waals surface area contributed by atoms with Gasteiger partial charge in [-0.1, -0.05) is 30.3 Å². The SMILES string of the molecule is C[C@@H]1CNC(c2ccccc2)CN1. The van der Waals surface area contributed by atoms with Crippen molar-refractivity contribution in [3.8, 4) is 0 Å². The van der Waals surface area contributed by atoms with Gasteiger partial charge in [0.25, 0.3) is 0 Å². The molecule has 1 heterocycles. The first kappa shape index (κ1) is 8.73. The maximum absolute atomic E-state index is 3.52. The fraction of sp³-hybridized carbons (Fsp3) is 0.455. The zero-order valence-corrected chi connectivity index (χ0v) is 7.96. The van der Waals surface area contributed by atoms with Crippen LogP contribution in [-0.4, -0.2) is 19.1 Å². The van der Waals surface area contributed by atoms with Gasteiger partial charge >= 0.3 is 0 Å². The van der Waals surface area contributed by atoms with E-state index < -0.39 is 0 Å². The van der Waals surface area contributed by atoms with Crippen molar-refractivity contribution in [2.75, 3.05) is 13.1 Å². The van der Waals surface area contributed by atoms with E-state index >= 15 is 0 Å². The summed E-state index contributed by atoms with van der Waals surface area (Å²) >= 11 is 0. The minimum atomic E-state index is 0.484. The zero-order chi connectivity index (χ0) is 9.10. The summed E-state index contributed by atoms with van der Waals surface area (Å²) < 4.78 is 0. The van der Waals surface area contributed by atoms with E-state index in [1.165, 1.54) is 5.56 Å². The number of benzene rings is 1. The molecule has 0 aromatic heterocycles. The molecule has 0 bridgehead atoms. The summed E-state index contributed by atoms with van der Waals surface area (Å²) in [5.41, 5.74) is 1.38. The Labute approximate surface area is 79.4 Å². The van der Waals surface area contributed by atoms with Crippen molar-refractivity contribution in [3.63, 3.8) is 0 Å². The average Bonchev–Trinajstić information content (AvgIpc) is 2.20. The molecule has 2 heteroatoms. The van der Waals surface area contributed by atoms with Crippen LogP contribution in [0.2, 0.25) is 0 Å². The summed E-state index contributed by atoms with van der Waals surface area (Å²) in [5.74, 6) is 0. The van der Waals surface area contributed by atoms with Gasteiger partial charge in [-0.05, 0) is 12.5 Å². The fourth-order valence-electron chi connectivity index (χ4n) is 1.70. The number of hydrogen-bond acceptors (Lipinski definition) is 2. The Morgan fingerprint density at radius 1 is 1.08 bits per heavy atom. The topological polar surface area (TPSA) is 24.1 Å². The monoisotopic (exact) mass is 176 g/mol. The summed E-state index contributed by atoms with van der Waals surface area (Å²) in [5, 5.41) is 6.99. The van der Waals surface area contributed by atoms with Crippen LogP contribution < -0.4 is 10.6 Å². The maximum atomic E-state index is 3.52. The summed E-state index contributed by atoms with van der Waals surface area (Å²) in [6, 6.07) is 11.7. The third kappa shape index (κ3) is 2.08. The van der Waals surface area contributed by atoms with E-state index in [1.807, 2.05) is 0 Å². The highest BCUT2D eigenvalue weighted by atomic mass is 15.1. The van der Waals surface area contributed by atoms with Crippen molar-refractivity contribution in [3.05, 3.63) is 35.9 Å². The highest BCUT2D eigenvalue weighted by Crippen LogP contribution is 2.13. The van der Waals surface area contributed by atoms with Gasteiger partial charge in [-0.2, -0.15) is 0 Å². The third-order valence-electron chi connectivity index (χ3n) is 2.54. The molecule has 0 radical (unpaired) electrons. The van der Waals surface area contributed by atoms with Gasteiger partial charge in [-0.15, -0.1) is 0 Å². The molecule has 1 fully saturated rings. The molecule has 70 valence electrons. The Morgan fingerprint density at radius 2 is 1.85 bits per heavy atom. The van der Waals surface area contributed by atoms with E-state index in [4.69, 9.17) is 0 Å². The Morgan fingerprint density at radius 3 is 2.46 bits per heavy atom. The first-order valence-corrected chi connectivity index (χ1v) is 4.88. The maximum Gasteiger partial charge on any atom is 0.0447 e. The van der Waals surface area contributed by atoms with Crippen molar-refractivity contribution < 1.29 is 0 Å². The molecule has 1 unspecified atom stereocenters. The Balaban J connectivity index is 2.03. The molecular formula is C11H16N2. The van der Waals surface area contributed by atoms with Crippen LogP contribution in [0.4, 0.5) is 0 Å². The van der Waals surface area contributed by atoms with Crippen molar-refractivity contribution in [2.45, 2.75) is 19.0 Å². The molecule has 2 N–H and O–H groups in total. The lowest BCUT2D eigenvalue weighted by Gasteiger charge is -2.29. The standard InChI is InChI=1S/C11H16N2/c1-9-7-13-11(8-12-9)10-5-3-2-4-6-10/h2-6,9,11-13H,7-8H2,1H3/t9-,11?/m1/s1. The smallest absolute Gasteiger partial charge is 0.0447 e. The lowest BCUT2D eigenvalue weighted by atomic mass is 10.0. The molecule has 1 saturated heterocycles. The van der Waals surface area contributed by atoms with Crippen LogP contribution in [0.15, 0.2) is 30.3 Å². The number of hydrogen-bond donors (Lipinski definition) is 2. The molecule has 2 nitrogen and oxygen atoms in total. The summed E-state index contributed by atoms with van der Waals surface area (Å²) in [6.45, 7) is 4.29. The van der Waals surface area contributed by atoms with E-state index in [-0.39, 0.29) is 0 Å². The number of nitrogens with one attached hydrogen (secondary N) is 2. The molecule has 0 amide bonds. The molecule has 0 saturated carbocycles. The van der Waals surface area contributed by atoms with Crippen molar-refractivity contribution >= 4 is 0 Å². The zero-order valence-electron chi connectivity index (χ0n) is 7.96. The first-order chi connectivity index (χ1) is 6.36. The number of piperazine rings is 1. The lowest BCUT2D eigenvalue weighted by molar-refractivity contribution is 0.366. The lowest BCUT2D eigenvalue weighted by Crippen LogP contribution is -2.48. The van der Waals surface area contributed by atoms with Crippen LogP contribution in [-0.2, 0) is 0 Å². The van der Waals surface area contributed by atoms with Crippen LogP contribution in [0, 0.1) is 0 Å². The second-order valence-corrected chi connectivity index (χ2v) is 3.68. The van der Waals surface area contributed by atoms with Gasteiger partial charge in [-0.25, -0.2) is 0 Å². The van der Waals surface area contributed by atoms with Crippen molar-refractivity contribution in [2.24, 2.45) is 0 Å². The van der Waals surface area contributed by atoms with Gasteiger partial charge in [0.05, 0.1) is 0 Å². The second-order valence-electron chi connectivity index (χ2n) is 3.68. The highest BCUT2D eigenvalue weighted by molar-refractivity contribution is 5.19. The average molecular weight is 176 g/mol. The molecule has 1 aromatic rings. The van der Waals surface area contributed by atoms with Crippen molar-refractivity contribution in [1.29, 1.82) is 0 Å². The van der Waals surface area contributed by atoms with E-state index in [0.29, 0.717) is 12.1 Å². The predicted octanol–water partition coefficient (Wildman–Crippen LogP) is 1.31. The van der Waals surface area contributed by atoms with Gasteiger partial charge in [0, 0.05) is 25.2 Å². The molecule has 2 rings (SSSR count). The minimum Gasteiger partial charge on any atom is -0.311 e. The molecule has 1 aliphatic heterocycles. The van der Waals surface area contributed by atoms with Crippen molar-refractivity contribution in [1.82, 2.24) is 10.6 Å². The van der Waals surface area contributed by atoms with E-state index in [1.54, 1.807) is 0 Å². The quantitative estimate of drug-likeness (QED) is 0.674. The summed E-state index contributed by atoms with van der Waals surface area (Å²) in [4.78, 5) is 0. The van der Waals surface area contributed by atoms with Crippen LogP contribution in [0.1, 0.15) is 18.5 Å². The fourth-order valence-corrected chi connectivity index (χ4v) is 1.70. The van der Waals surface area contributed by atoms with Gasteiger partial charge in [0.15, 0.2) is 0 Å². The largest absolute Gasteiger partial charge is 0.311 e. The molecule has 0 spiro atoms. The molecule has 1 aliphatic rings. The van der Waals surface area contributed by atoms with Crippen LogP contribution in [0.3, 0.4) is 0 Å². The molecule has 0 aliphatic carbocycles.